The number of pyridine rings is 1. The topological polar surface area (TPSA) is 77.5 Å². The Labute approximate surface area is 153 Å². The second kappa shape index (κ2) is 7.99. The van der Waals surface area contributed by atoms with Crippen LogP contribution in [0.5, 0.6) is 5.75 Å². The van der Waals surface area contributed by atoms with Gasteiger partial charge >= 0.3 is 6.09 Å². The molecule has 0 unspecified atom stereocenters. The van der Waals surface area contributed by atoms with Crippen LogP contribution < -0.4 is 10.1 Å². The average molecular weight is 356 g/mol. The van der Waals surface area contributed by atoms with E-state index in [-0.39, 0.29) is 17.9 Å². The molecule has 6 nitrogen and oxygen atoms in total. The molecule has 2 aromatic rings. The lowest BCUT2D eigenvalue weighted by molar-refractivity contribution is 0.0636. The van der Waals surface area contributed by atoms with Crippen LogP contribution in [0.1, 0.15) is 44.6 Å². The summed E-state index contributed by atoms with van der Waals surface area (Å²) < 4.78 is 10.5. The number of rotatable bonds is 5. The quantitative estimate of drug-likeness (QED) is 0.786. The van der Waals surface area contributed by atoms with Crippen LogP contribution in [0.2, 0.25) is 0 Å². The van der Waals surface area contributed by atoms with Crippen LogP contribution in [0.25, 0.3) is 11.1 Å². The molecule has 0 spiro atoms. The Morgan fingerprint density at radius 3 is 2.50 bits per heavy atom. The highest BCUT2D eigenvalue weighted by Gasteiger charge is 2.20. The van der Waals surface area contributed by atoms with Crippen LogP contribution in [0.15, 0.2) is 36.5 Å². The molecule has 0 atom stereocenters. The van der Waals surface area contributed by atoms with Gasteiger partial charge in [0.15, 0.2) is 5.78 Å². The predicted molar refractivity (Wildman–Crippen MR) is 101 cm³/mol. The predicted octanol–water partition coefficient (Wildman–Crippen LogP) is 4.70. The molecular weight excluding hydrogens is 332 g/mol. The standard InChI is InChI=1S/C20H24N2O4/c1-6-17(23)18-16(22-19(24)26-20(2,3)4)11-14(12-21-18)13-8-7-9-15(10-13)25-5/h7-12H,6H2,1-5H3,(H,22,24). The Morgan fingerprint density at radius 2 is 1.88 bits per heavy atom. The van der Waals surface area contributed by atoms with Gasteiger partial charge in [-0.25, -0.2) is 4.79 Å². The maximum absolute atomic E-state index is 12.2. The maximum Gasteiger partial charge on any atom is 0.412 e. The number of nitrogens with zero attached hydrogens (tertiary/aromatic N) is 1. The number of hydrogen-bond acceptors (Lipinski definition) is 5. The highest BCUT2D eigenvalue weighted by atomic mass is 16.6. The van der Waals surface area contributed by atoms with Crippen molar-refractivity contribution in [1.82, 2.24) is 4.98 Å². The molecule has 1 heterocycles. The Bertz CT molecular complexity index is 810. The van der Waals surface area contributed by atoms with Gasteiger partial charge in [-0.05, 0) is 44.5 Å². The summed E-state index contributed by atoms with van der Waals surface area (Å²) in [5, 5.41) is 2.65. The first-order chi connectivity index (χ1) is 12.2. The first-order valence-electron chi connectivity index (χ1n) is 8.41. The van der Waals surface area contributed by atoms with E-state index < -0.39 is 11.7 Å². The largest absolute Gasteiger partial charge is 0.497 e. The monoisotopic (exact) mass is 356 g/mol. The first kappa shape index (κ1) is 19.4. The number of ether oxygens (including phenoxy) is 2. The minimum Gasteiger partial charge on any atom is -0.497 e. The highest BCUT2D eigenvalue weighted by molar-refractivity contribution is 6.02. The number of ketones is 1. The smallest absolute Gasteiger partial charge is 0.412 e. The van der Waals surface area contributed by atoms with Crippen molar-refractivity contribution in [3.05, 3.63) is 42.2 Å². The van der Waals surface area contributed by atoms with Gasteiger partial charge in [0, 0.05) is 18.2 Å². The van der Waals surface area contributed by atoms with Gasteiger partial charge in [-0.2, -0.15) is 0 Å². The molecule has 0 saturated carbocycles. The van der Waals surface area contributed by atoms with Gasteiger partial charge in [-0.3, -0.25) is 15.1 Å². The van der Waals surface area contributed by atoms with Crippen LogP contribution >= 0.6 is 0 Å². The van der Waals surface area contributed by atoms with E-state index in [1.807, 2.05) is 24.3 Å². The number of carbonyl (C=O) groups is 2. The maximum atomic E-state index is 12.2. The van der Waals surface area contributed by atoms with Crippen molar-refractivity contribution in [1.29, 1.82) is 0 Å². The molecule has 138 valence electrons. The fourth-order valence-electron chi connectivity index (χ4n) is 2.32. The number of nitrogens with one attached hydrogen (secondary N) is 1. The third-order valence-corrected chi connectivity index (χ3v) is 3.51. The molecule has 2 rings (SSSR count). The number of amides is 1. The third kappa shape index (κ3) is 5.05. The van der Waals surface area contributed by atoms with Crippen LogP contribution in [-0.4, -0.2) is 29.6 Å². The van der Waals surface area contributed by atoms with E-state index in [4.69, 9.17) is 9.47 Å². The van der Waals surface area contributed by atoms with Gasteiger partial charge in [-0.1, -0.05) is 19.1 Å². The molecule has 1 amide bonds. The first-order valence-corrected chi connectivity index (χ1v) is 8.41. The Morgan fingerprint density at radius 1 is 1.15 bits per heavy atom. The summed E-state index contributed by atoms with van der Waals surface area (Å²) in [4.78, 5) is 28.6. The molecule has 0 bridgehead atoms. The molecule has 0 radical (unpaired) electrons. The lowest BCUT2D eigenvalue weighted by Crippen LogP contribution is -2.28. The Hall–Kier alpha value is -2.89. The Balaban J connectivity index is 2.41. The van der Waals surface area contributed by atoms with Gasteiger partial charge in [0.2, 0.25) is 0 Å². The van der Waals surface area contributed by atoms with Crippen molar-refractivity contribution in [2.24, 2.45) is 0 Å². The number of carbonyl (C=O) groups excluding carboxylic acids is 2. The minimum atomic E-state index is -0.642. The fraction of sp³-hybridized carbons (Fsp3) is 0.350. The molecule has 26 heavy (non-hydrogen) atoms. The molecule has 1 N–H and O–H groups in total. The van der Waals surface area contributed by atoms with E-state index in [1.165, 1.54) is 0 Å². The van der Waals surface area contributed by atoms with Crippen molar-refractivity contribution >= 4 is 17.6 Å². The van der Waals surface area contributed by atoms with Crippen molar-refractivity contribution in [2.45, 2.75) is 39.7 Å². The number of Topliss-reactive ketones (excluding diaryl/α,β-unsaturated/α-hetero) is 1. The summed E-state index contributed by atoms with van der Waals surface area (Å²) in [6.45, 7) is 7.07. The normalized spacial score (nSPS) is 11.0. The number of methoxy groups -OCH3 is 1. The fourth-order valence-corrected chi connectivity index (χ4v) is 2.32. The summed E-state index contributed by atoms with van der Waals surface area (Å²) in [5.74, 6) is 0.547. The molecular formula is C20H24N2O4. The van der Waals surface area contributed by atoms with Crippen molar-refractivity contribution in [3.63, 3.8) is 0 Å². The molecule has 6 heteroatoms. The molecule has 0 aliphatic rings. The molecule has 1 aromatic heterocycles. The minimum absolute atomic E-state index is 0.159. The van der Waals surface area contributed by atoms with Gasteiger partial charge in [0.25, 0.3) is 0 Å². The van der Waals surface area contributed by atoms with Gasteiger partial charge in [0.1, 0.15) is 17.0 Å². The van der Waals surface area contributed by atoms with E-state index >= 15 is 0 Å². The zero-order valence-electron chi connectivity index (χ0n) is 15.8. The van der Waals surface area contributed by atoms with Crippen LogP contribution in [0.4, 0.5) is 10.5 Å². The van der Waals surface area contributed by atoms with Gasteiger partial charge in [0.05, 0.1) is 12.8 Å². The van der Waals surface area contributed by atoms with Crippen LogP contribution in [0.3, 0.4) is 0 Å². The molecule has 1 aromatic carbocycles. The lowest BCUT2D eigenvalue weighted by Gasteiger charge is -2.20. The number of hydrogen-bond donors (Lipinski definition) is 1. The van der Waals surface area contributed by atoms with Crippen LogP contribution in [0, 0.1) is 0 Å². The molecule has 0 fully saturated rings. The number of anilines is 1. The number of benzene rings is 1. The van der Waals surface area contributed by atoms with Gasteiger partial charge < -0.3 is 9.47 Å². The Kier molecular flexibility index (Phi) is 5.97. The summed E-state index contributed by atoms with van der Waals surface area (Å²) >= 11 is 0. The zero-order chi connectivity index (χ0) is 19.3. The molecule has 0 aliphatic heterocycles. The van der Waals surface area contributed by atoms with Crippen LogP contribution in [-0.2, 0) is 4.74 Å². The SMILES string of the molecule is CCC(=O)c1ncc(-c2cccc(OC)c2)cc1NC(=O)OC(C)(C)C. The van der Waals surface area contributed by atoms with Crippen molar-refractivity contribution in [2.75, 3.05) is 12.4 Å². The highest BCUT2D eigenvalue weighted by Crippen LogP contribution is 2.27. The van der Waals surface area contributed by atoms with E-state index in [9.17, 15) is 9.59 Å². The van der Waals surface area contributed by atoms with Crippen molar-refractivity contribution < 1.29 is 19.1 Å². The summed E-state index contributed by atoms with van der Waals surface area (Å²) in [5.41, 5.74) is 1.51. The van der Waals surface area contributed by atoms with Gasteiger partial charge in [-0.15, -0.1) is 0 Å². The third-order valence-electron chi connectivity index (χ3n) is 3.51. The lowest BCUT2D eigenvalue weighted by atomic mass is 10.0. The summed E-state index contributed by atoms with van der Waals surface area (Å²) in [7, 11) is 1.59. The van der Waals surface area contributed by atoms with E-state index in [0.29, 0.717) is 11.4 Å². The van der Waals surface area contributed by atoms with E-state index in [1.54, 1.807) is 47.1 Å². The zero-order valence-corrected chi connectivity index (χ0v) is 15.8. The van der Waals surface area contributed by atoms with Crippen molar-refractivity contribution in [3.8, 4) is 16.9 Å². The van der Waals surface area contributed by atoms with E-state index in [0.717, 1.165) is 11.1 Å². The summed E-state index contributed by atoms with van der Waals surface area (Å²) in [6, 6.07) is 9.17. The number of aromatic nitrogens is 1. The molecule has 0 saturated heterocycles. The average Bonchev–Trinajstić information content (AvgIpc) is 2.59. The summed E-state index contributed by atoms with van der Waals surface area (Å²) in [6.07, 6.45) is 1.26. The van der Waals surface area contributed by atoms with E-state index in [2.05, 4.69) is 10.3 Å². The second-order valence-electron chi connectivity index (χ2n) is 6.76. The molecule has 0 aliphatic carbocycles. The second-order valence-corrected chi connectivity index (χ2v) is 6.76.